The number of carbonyl (C=O) groups is 2. The van der Waals surface area contributed by atoms with Crippen LogP contribution in [0.3, 0.4) is 0 Å². The highest BCUT2D eigenvalue weighted by Crippen LogP contribution is 2.16. The van der Waals surface area contributed by atoms with Crippen LogP contribution in [0.5, 0.6) is 0 Å². The van der Waals surface area contributed by atoms with Crippen LogP contribution in [-0.4, -0.2) is 11.8 Å². The van der Waals surface area contributed by atoms with E-state index in [1.807, 2.05) is 25.2 Å². The first-order chi connectivity index (χ1) is 7.11. The molecule has 0 fully saturated rings. The van der Waals surface area contributed by atoms with E-state index in [9.17, 15) is 9.59 Å². The lowest BCUT2D eigenvalue weighted by Gasteiger charge is -2.08. The summed E-state index contributed by atoms with van der Waals surface area (Å²) in [6.07, 6.45) is 8.05. The monoisotopic (exact) mass is 206 g/mol. The Balaban J connectivity index is 2.48. The van der Waals surface area contributed by atoms with Gasteiger partial charge in [0.1, 0.15) is 18.0 Å². The summed E-state index contributed by atoms with van der Waals surface area (Å²) in [6.45, 7) is 3.32. The average Bonchev–Trinajstić information content (AvgIpc) is 2.17. The van der Waals surface area contributed by atoms with Crippen molar-refractivity contribution >= 4 is 11.8 Å². The van der Waals surface area contributed by atoms with Crippen LogP contribution in [0.2, 0.25) is 0 Å². The van der Waals surface area contributed by atoms with Crippen molar-refractivity contribution in [1.82, 2.24) is 0 Å². The Hall–Kier alpha value is -1.64. The van der Waals surface area contributed by atoms with Crippen LogP contribution in [0.1, 0.15) is 26.7 Å². The molecule has 0 spiro atoms. The molecule has 80 valence electrons. The maximum Gasteiger partial charge on any atom is 0.318 e. The molecule has 0 aromatic heterocycles. The van der Waals surface area contributed by atoms with Crippen molar-refractivity contribution in [2.24, 2.45) is 0 Å². The standard InChI is InChI=1S/C12H14O3/c1-3-10-4-6-11(7-5-10)15-12(14)8-9(2)13/h3-4,6-7H,5,8H2,1-2H3. The number of carbonyl (C=O) groups excluding carboxylic acids is 2. The molecule has 0 aromatic rings. The summed E-state index contributed by atoms with van der Waals surface area (Å²) < 4.78 is 4.98. The van der Waals surface area contributed by atoms with Crippen LogP contribution in [0, 0.1) is 0 Å². The van der Waals surface area contributed by atoms with Gasteiger partial charge >= 0.3 is 5.97 Å². The normalized spacial score (nSPS) is 17.5. The number of rotatable bonds is 3. The predicted octanol–water partition coefficient (Wildman–Crippen LogP) is 2.30. The fraction of sp³-hybridized carbons (Fsp3) is 0.333. The molecular formula is C12H14O3. The van der Waals surface area contributed by atoms with Gasteiger partial charge in [0, 0.05) is 0 Å². The molecule has 0 amide bonds. The van der Waals surface area contributed by atoms with Gasteiger partial charge < -0.3 is 4.74 Å². The molecule has 0 radical (unpaired) electrons. The number of Topliss-reactive ketones (excluding diaryl/α,β-unsaturated/α-hetero) is 1. The number of esters is 1. The van der Waals surface area contributed by atoms with Gasteiger partial charge in [0.2, 0.25) is 0 Å². The van der Waals surface area contributed by atoms with E-state index in [4.69, 9.17) is 4.74 Å². The highest BCUT2D eigenvalue weighted by Gasteiger charge is 2.09. The van der Waals surface area contributed by atoms with Gasteiger partial charge in [-0.25, -0.2) is 0 Å². The molecule has 1 rings (SSSR count). The molecular weight excluding hydrogens is 192 g/mol. The summed E-state index contributed by atoms with van der Waals surface area (Å²) in [5.41, 5.74) is 1.18. The van der Waals surface area contributed by atoms with E-state index in [0.29, 0.717) is 5.76 Å². The van der Waals surface area contributed by atoms with Crippen molar-refractivity contribution in [2.75, 3.05) is 0 Å². The Morgan fingerprint density at radius 3 is 2.67 bits per heavy atom. The van der Waals surface area contributed by atoms with Crippen LogP contribution in [0.25, 0.3) is 0 Å². The van der Waals surface area contributed by atoms with E-state index >= 15 is 0 Å². The molecule has 0 bridgehead atoms. The van der Waals surface area contributed by atoms with Crippen molar-refractivity contribution < 1.29 is 14.3 Å². The lowest BCUT2D eigenvalue weighted by Crippen LogP contribution is -2.08. The maximum atomic E-state index is 11.1. The third-order valence-electron chi connectivity index (χ3n) is 2.00. The molecule has 0 saturated carbocycles. The van der Waals surface area contributed by atoms with Gasteiger partial charge in [0.05, 0.1) is 0 Å². The first kappa shape index (κ1) is 11.4. The first-order valence-electron chi connectivity index (χ1n) is 4.85. The zero-order chi connectivity index (χ0) is 11.3. The summed E-state index contributed by atoms with van der Waals surface area (Å²) in [5, 5.41) is 0. The molecule has 0 unspecified atom stereocenters. The topological polar surface area (TPSA) is 43.4 Å². The minimum absolute atomic E-state index is 0.165. The quantitative estimate of drug-likeness (QED) is 0.525. The minimum atomic E-state index is -0.498. The van der Waals surface area contributed by atoms with E-state index in [-0.39, 0.29) is 12.2 Å². The third-order valence-corrected chi connectivity index (χ3v) is 2.00. The number of ether oxygens (including phenoxy) is 1. The molecule has 1 aliphatic rings. The third kappa shape index (κ3) is 3.94. The van der Waals surface area contributed by atoms with Crippen LogP contribution in [0.4, 0.5) is 0 Å². The molecule has 0 aliphatic heterocycles. The largest absolute Gasteiger partial charge is 0.427 e. The van der Waals surface area contributed by atoms with E-state index in [1.54, 1.807) is 6.08 Å². The van der Waals surface area contributed by atoms with Gasteiger partial charge in [-0.3, -0.25) is 9.59 Å². The predicted molar refractivity (Wildman–Crippen MR) is 57.0 cm³/mol. The summed E-state index contributed by atoms with van der Waals surface area (Å²) in [6, 6.07) is 0. The minimum Gasteiger partial charge on any atom is -0.427 e. The smallest absolute Gasteiger partial charge is 0.318 e. The van der Waals surface area contributed by atoms with E-state index in [0.717, 1.165) is 6.42 Å². The fourth-order valence-corrected chi connectivity index (χ4v) is 1.20. The highest BCUT2D eigenvalue weighted by atomic mass is 16.5. The summed E-state index contributed by atoms with van der Waals surface area (Å²) in [7, 11) is 0. The SMILES string of the molecule is CC=C1C=CC(OC(=O)CC(C)=O)=CC1. The molecule has 15 heavy (non-hydrogen) atoms. The summed E-state index contributed by atoms with van der Waals surface area (Å²) in [5.74, 6) is -0.163. The number of hydrogen-bond acceptors (Lipinski definition) is 3. The number of ketones is 1. The van der Waals surface area contributed by atoms with Gasteiger partial charge in [-0.15, -0.1) is 0 Å². The molecule has 3 nitrogen and oxygen atoms in total. The fourth-order valence-electron chi connectivity index (χ4n) is 1.20. The van der Waals surface area contributed by atoms with Crippen LogP contribution >= 0.6 is 0 Å². The van der Waals surface area contributed by atoms with Crippen LogP contribution in [0.15, 0.2) is 35.6 Å². The Morgan fingerprint density at radius 1 is 1.47 bits per heavy atom. The van der Waals surface area contributed by atoms with Gasteiger partial charge in [0.25, 0.3) is 0 Å². The average molecular weight is 206 g/mol. The van der Waals surface area contributed by atoms with Gasteiger partial charge in [-0.2, -0.15) is 0 Å². The number of allylic oxidation sites excluding steroid dienone is 5. The number of hydrogen-bond donors (Lipinski definition) is 0. The summed E-state index contributed by atoms with van der Waals surface area (Å²) >= 11 is 0. The zero-order valence-corrected chi connectivity index (χ0v) is 8.95. The zero-order valence-electron chi connectivity index (χ0n) is 8.95. The van der Waals surface area contributed by atoms with Gasteiger partial charge in [0.15, 0.2) is 0 Å². The Morgan fingerprint density at radius 2 is 2.20 bits per heavy atom. The van der Waals surface area contributed by atoms with Gasteiger partial charge in [-0.1, -0.05) is 12.2 Å². The summed E-state index contributed by atoms with van der Waals surface area (Å²) in [4.78, 5) is 21.8. The molecule has 0 saturated heterocycles. The van der Waals surface area contributed by atoms with E-state index < -0.39 is 5.97 Å². The van der Waals surface area contributed by atoms with Crippen LogP contribution < -0.4 is 0 Å². The lowest BCUT2D eigenvalue weighted by atomic mass is 10.1. The van der Waals surface area contributed by atoms with Crippen molar-refractivity contribution in [3.63, 3.8) is 0 Å². The lowest BCUT2D eigenvalue weighted by molar-refractivity contribution is -0.141. The molecule has 0 N–H and O–H groups in total. The van der Waals surface area contributed by atoms with Crippen molar-refractivity contribution in [2.45, 2.75) is 26.7 Å². The molecule has 3 heteroatoms. The molecule has 1 aliphatic carbocycles. The first-order valence-corrected chi connectivity index (χ1v) is 4.85. The van der Waals surface area contributed by atoms with Crippen molar-refractivity contribution in [1.29, 1.82) is 0 Å². The van der Waals surface area contributed by atoms with Crippen molar-refractivity contribution in [3.05, 3.63) is 35.6 Å². The Bertz CT molecular complexity index is 359. The van der Waals surface area contributed by atoms with E-state index in [2.05, 4.69) is 0 Å². The maximum absolute atomic E-state index is 11.1. The second-order valence-electron chi connectivity index (χ2n) is 3.36. The second-order valence-corrected chi connectivity index (χ2v) is 3.36. The van der Waals surface area contributed by atoms with E-state index in [1.165, 1.54) is 12.5 Å². The molecule has 0 aromatic carbocycles. The van der Waals surface area contributed by atoms with Crippen LogP contribution in [-0.2, 0) is 14.3 Å². The second kappa shape index (κ2) is 5.29. The highest BCUT2D eigenvalue weighted by molar-refractivity contribution is 5.94. The van der Waals surface area contributed by atoms with Gasteiger partial charge in [-0.05, 0) is 38.0 Å². The Labute approximate surface area is 89.1 Å². The molecule has 0 heterocycles. The molecule has 0 atom stereocenters. The Kier molecular flexibility index (Phi) is 4.03. The van der Waals surface area contributed by atoms with Crippen molar-refractivity contribution in [3.8, 4) is 0 Å².